The zero-order valence-electron chi connectivity index (χ0n) is 15.5. The van der Waals surface area contributed by atoms with Gasteiger partial charge < -0.3 is 15.4 Å². The Morgan fingerprint density at radius 1 is 1.21 bits per heavy atom. The lowest BCUT2D eigenvalue weighted by Crippen LogP contribution is -2.51. The maximum Gasteiger partial charge on any atom is 0.252 e. The van der Waals surface area contributed by atoms with Gasteiger partial charge in [-0.15, -0.1) is 0 Å². The summed E-state index contributed by atoms with van der Waals surface area (Å²) in [5.41, 5.74) is 1.04. The molecule has 1 aliphatic rings. The number of pyridine rings is 1. The van der Waals surface area contributed by atoms with Crippen molar-refractivity contribution < 1.29 is 5.11 Å². The van der Waals surface area contributed by atoms with Gasteiger partial charge in [-0.1, -0.05) is 39.7 Å². The second-order valence-corrected chi connectivity index (χ2v) is 9.03. The highest BCUT2D eigenvalue weighted by Gasteiger charge is 2.42. The molecule has 146 valence electrons. The van der Waals surface area contributed by atoms with E-state index in [0.717, 1.165) is 20.9 Å². The Bertz CT molecular complexity index is 1070. The van der Waals surface area contributed by atoms with Crippen LogP contribution in [-0.4, -0.2) is 28.3 Å². The van der Waals surface area contributed by atoms with Crippen LogP contribution in [0.3, 0.4) is 0 Å². The van der Waals surface area contributed by atoms with Crippen LogP contribution in [0, 0.1) is 0 Å². The van der Waals surface area contributed by atoms with Crippen molar-refractivity contribution in [2.75, 3.05) is 6.54 Å². The molecule has 1 fully saturated rings. The average Bonchev–Trinajstić information content (AvgIpc) is 2.64. The summed E-state index contributed by atoms with van der Waals surface area (Å²) in [6.07, 6.45) is 1.14. The van der Waals surface area contributed by atoms with Gasteiger partial charge in [0.1, 0.15) is 0 Å². The summed E-state index contributed by atoms with van der Waals surface area (Å²) in [6.45, 7) is 2.77. The van der Waals surface area contributed by atoms with E-state index in [1.165, 1.54) is 0 Å². The Labute approximate surface area is 177 Å². The molecule has 3 aromatic rings. The van der Waals surface area contributed by atoms with E-state index in [1.54, 1.807) is 0 Å². The third-order valence-corrected chi connectivity index (χ3v) is 6.34. The number of nitrogens with one attached hydrogen (secondary N) is 2. The van der Waals surface area contributed by atoms with Gasteiger partial charge in [0.25, 0.3) is 5.56 Å². The highest BCUT2D eigenvalue weighted by atomic mass is 79.9. The fourth-order valence-corrected chi connectivity index (χ4v) is 4.85. The zero-order chi connectivity index (χ0) is 19.9. The van der Waals surface area contributed by atoms with Gasteiger partial charge in [-0.25, -0.2) is 0 Å². The highest BCUT2D eigenvalue weighted by Crippen LogP contribution is 2.41. The van der Waals surface area contributed by atoms with Crippen molar-refractivity contribution in [1.82, 2.24) is 10.3 Å². The summed E-state index contributed by atoms with van der Waals surface area (Å²) in [5, 5.41) is 16.6. The maximum absolute atomic E-state index is 13.0. The number of aliphatic hydroxyl groups is 1. The van der Waals surface area contributed by atoms with Crippen molar-refractivity contribution in [3.05, 3.63) is 79.5 Å². The lowest BCUT2D eigenvalue weighted by molar-refractivity contribution is -0.0166. The molecule has 2 heterocycles. The van der Waals surface area contributed by atoms with E-state index in [0.29, 0.717) is 30.0 Å². The number of halogens is 2. The Morgan fingerprint density at radius 2 is 1.96 bits per heavy atom. The van der Waals surface area contributed by atoms with E-state index >= 15 is 0 Å². The van der Waals surface area contributed by atoms with Crippen LogP contribution in [0.4, 0.5) is 0 Å². The maximum atomic E-state index is 13.0. The van der Waals surface area contributed by atoms with E-state index in [2.05, 4.69) is 33.2 Å². The van der Waals surface area contributed by atoms with Crippen LogP contribution in [0.15, 0.2) is 57.8 Å². The fourth-order valence-electron chi connectivity index (χ4n) is 4.34. The number of fused-ring (bicyclic) bond motifs is 1. The molecule has 0 bridgehead atoms. The number of aromatic amines is 1. The van der Waals surface area contributed by atoms with Gasteiger partial charge in [-0.2, -0.15) is 0 Å². The second-order valence-electron chi connectivity index (χ2n) is 7.68. The van der Waals surface area contributed by atoms with Crippen molar-refractivity contribution in [1.29, 1.82) is 0 Å². The first-order chi connectivity index (χ1) is 13.4. The van der Waals surface area contributed by atoms with Gasteiger partial charge in [-0.3, -0.25) is 4.79 Å². The van der Waals surface area contributed by atoms with Crippen LogP contribution < -0.4 is 10.9 Å². The molecule has 0 spiro atoms. The predicted molar refractivity (Wildman–Crippen MR) is 117 cm³/mol. The van der Waals surface area contributed by atoms with E-state index in [-0.39, 0.29) is 11.6 Å². The quantitative estimate of drug-likeness (QED) is 0.535. The molecule has 6 heteroatoms. The van der Waals surface area contributed by atoms with Gasteiger partial charge in [-0.05, 0) is 73.7 Å². The van der Waals surface area contributed by atoms with Gasteiger partial charge in [0.15, 0.2) is 0 Å². The summed E-state index contributed by atoms with van der Waals surface area (Å²) < 4.78 is 0.940. The molecule has 3 N–H and O–H groups in total. The summed E-state index contributed by atoms with van der Waals surface area (Å²) in [7, 11) is 0. The Morgan fingerprint density at radius 3 is 2.68 bits per heavy atom. The Kier molecular flexibility index (Phi) is 5.36. The minimum absolute atomic E-state index is 0.169. The number of H-pyrrole nitrogens is 1. The average molecular weight is 462 g/mol. The topological polar surface area (TPSA) is 65.1 Å². The molecule has 0 amide bonds. The van der Waals surface area contributed by atoms with Gasteiger partial charge >= 0.3 is 0 Å². The first-order valence-electron chi connectivity index (χ1n) is 9.39. The number of benzene rings is 2. The van der Waals surface area contributed by atoms with E-state index in [9.17, 15) is 9.90 Å². The molecule has 0 aliphatic carbocycles. The smallest absolute Gasteiger partial charge is 0.252 e. The normalized spacial score (nSPS) is 23.6. The number of piperidine rings is 1. The van der Waals surface area contributed by atoms with E-state index < -0.39 is 11.5 Å². The summed E-state index contributed by atoms with van der Waals surface area (Å²) >= 11 is 9.58. The van der Waals surface area contributed by atoms with Crippen LogP contribution >= 0.6 is 27.5 Å². The monoisotopic (exact) mass is 460 g/mol. The highest BCUT2D eigenvalue weighted by molar-refractivity contribution is 9.10. The molecule has 4 rings (SSSR count). The van der Waals surface area contributed by atoms with Crippen LogP contribution in [-0.2, 0) is 0 Å². The molecule has 1 aromatic heterocycles. The van der Waals surface area contributed by atoms with Crippen LogP contribution in [0.5, 0.6) is 0 Å². The number of aromatic nitrogens is 1. The van der Waals surface area contributed by atoms with Crippen molar-refractivity contribution in [2.45, 2.75) is 37.3 Å². The minimum Gasteiger partial charge on any atom is -0.389 e. The number of rotatable bonds is 3. The Hall–Kier alpha value is -1.66. The number of hydrogen-bond donors (Lipinski definition) is 3. The molecule has 0 saturated carbocycles. The molecule has 1 aliphatic heterocycles. The van der Waals surface area contributed by atoms with Gasteiger partial charge in [0.2, 0.25) is 0 Å². The first kappa shape index (κ1) is 19.6. The minimum atomic E-state index is -1.02. The second kappa shape index (κ2) is 7.64. The molecule has 1 saturated heterocycles. The third-order valence-electron chi connectivity index (χ3n) is 5.60. The molecule has 3 unspecified atom stereocenters. The molecular formula is C22H22BrClN2O2. The number of hydrogen-bond acceptors (Lipinski definition) is 3. The fraction of sp³-hybridized carbons (Fsp3) is 0.318. The zero-order valence-corrected chi connectivity index (χ0v) is 17.8. The summed E-state index contributed by atoms with van der Waals surface area (Å²) in [6, 6.07) is 15.3. The van der Waals surface area contributed by atoms with Gasteiger partial charge in [0.05, 0.1) is 5.60 Å². The van der Waals surface area contributed by atoms with Crippen LogP contribution in [0.1, 0.15) is 36.8 Å². The van der Waals surface area contributed by atoms with Crippen molar-refractivity contribution in [3.8, 4) is 0 Å². The van der Waals surface area contributed by atoms with Gasteiger partial charge in [0, 0.05) is 32.5 Å². The standard InChI is InChI=1S/C22H22BrClN2O2/c1-13-12-22(28,8-9-25-13)20(14-2-5-17(24)6-3-14)18-11-15-10-16(23)4-7-19(15)26-21(18)27/h2-7,10-11,13,20,25,28H,8-9,12H2,1H3,(H,26,27). The predicted octanol–water partition coefficient (Wildman–Crippen LogP) is 4.58. The van der Waals surface area contributed by atoms with Crippen LogP contribution in [0.25, 0.3) is 10.9 Å². The molecular weight excluding hydrogens is 440 g/mol. The molecule has 0 radical (unpaired) electrons. The lowest BCUT2D eigenvalue weighted by atomic mass is 9.71. The first-order valence-corrected chi connectivity index (χ1v) is 10.6. The molecule has 28 heavy (non-hydrogen) atoms. The largest absolute Gasteiger partial charge is 0.389 e. The van der Waals surface area contributed by atoms with Crippen molar-refractivity contribution >= 4 is 38.4 Å². The molecule has 2 aromatic carbocycles. The molecule has 4 nitrogen and oxygen atoms in total. The van der Waals surface area contributed by atoms with E-state index in [1.807, 2.05) is 48.5 Å². The lowest BCUT2D eigenvalue weighted by Gasteiger charge is -2.42. The molecule has 3 atom stereocenters. The SMILES string of the molecule is CC1CC(O)(C(c2ccc(Cl)cc2)c2cc3cc(Br)ccc3[nH]c2=O)CCN1. The van der Waals surface area contributed by atoms with E-state index in [4.69, 9.17) is 11.6 Å². The summed E-state index contributed by atoms with van der Waals surface area (Å²) in [4.78, 5) is 16.0. The van der Waals surface area contributed by atoms with Crippen molar-refractivity contribution in [3.63, 3.8) is 0 Å². The van der Waals surface area contributed by atoms with Crippen LogP contribution in [0.2, 0.25) is 5.02 Å². The third kappa shape index (κ3) is 3.77. The van der Waals surface area contributed by atoms with Crippen molar-refractivity contribution in [2.24, 2.45) is 0 Å². The Balaban J connectivity index is 1.92. The summed E-state index contributed by atoms with van der Waals surface area (Å²) in [5.74, 6) is -0.443.